The number of amides is 1. The van der Waals surface area contributed by atoms with Crippen molar-refractivity contribution in [3.05, 3.63) is 0 Å². The van der Waals surface area contributed by atoms with Crippen molar-refractivity contribution in [3.8, 4) is 0 Å². The van der Waals surface area contributed by atoms with Gasteiger partial charge in [0.2, 0.25) is 5.91 Å². The van der Waals surface area contributed by atoms with E-state index >= 15 is 0 Å². The Hall–Kier alpha value is -0.320. The predicted octanol–water partition coefficient (Wildman–Crippen LogP) is 1.56. The van der Waals surface area contributed by atoms with Crippen LogP contribution in [0, 0.1) is 11.8 Å². The number of hydrogen-bond donors (Lipinski definition) is 1. The van der Waals surface area contributed by atoms with Gasteiger partial charge in [0, 0.05) is 32.2 Å². The topological polar surface area (TPSA) is 55.6 Å². The summed E-state index contributed by atoms with van der Waals surface area (Å²) in [5.41, 5.74) is 6.10. The third kappa shape index (κ3) is 3.23. The molecule has 3 aliphatic rings. The molecule has 0 aromatic carbocycles. The lowest BCUT2D eigenvalue weighted by Crippen LogP contribution is -2.33. The lowest BCUT2D eigenvalue weighted by molar-refractivity contribution is -0.131. The van der Waals surface area contributed by atoms with E-state index in [4.69, 9.17) is 10.5 Å². The van der Waals surface area contributed by atoms with E-state index in [2.05, 4.69) is 0 Å². The van der Waals surface area contributed by atoms with Crippen molar-refractivity contribution in [3.63, 3.8) is 0 Å². The van der Waals surface area contributed by atoms with E-state index in [9.17, 15) is 4.79 Å². The highest BCUT2D eigenvalue weighted by molar-refractivity contribution is 5.85. The Morgan fingerprint density at radius 1 is 1.26 bits per heavy atom. The zero-order chi connectivity index (χ0) is 12.5. The number of ether oxygens (including phenoxy) is 1. The molecule has 1 saturated carbocycles. The average Bonchev–Trinajstić information content (AvgIpc) is 3.05. The SMILES string of the molecule is Cl.NC1CCC2CN(C(=O)CCC3CCCO3)CC12. The number of hydrogen-bond acceptors (Lipinski definition) is 3. The van der Waals surface area contributed by atoms with Gasteiger partial charge in [-0.1, -0.05) is 0 Å². The van der Waals surface area contributed by atoms with E-state index in [0.29, 0.717) is 36.3 Å². The Bertz CT molecular complexity index is 321. The van der Waals surface area contributed by atoms with Crippen LogP contribution in [0.2, 0.25) is 0 Å². The Morgan fingerprint density at radius 3 is 2.79 bits per heavy atom. The summed E-state index contributed by atoms with van der Waals surface area (Å²) in [5, 5.41) is 0. The largest absolute Gasteiger partial charge is 0.378 e. The minimum atomic E-state index is 0. The third-order valence-corrected chi connectivity index (χ3v) is 4.97. The van der Waals surface area contributed by atoms with Crippen LogP contribution >= 0.6 is 12.4 Å². The maximum absolute atomic E-state index is 12.2. The van der Waals surface area contributed by atoms with Crippen molar-refractivity contribution in [1.29, 1.82) is 0 Å². The summed E-state index contributed by atoms with van der Waals surface area (Å²) in [7, 11) is 0. The van der Waals surface area contributed by atoms with Crippen LogP contribution < -0.4 is 5.73 Å². The van der Waals surface area contributed by atoms with Gasteiger partial charge in [0.15, 0.2) is 0 Å². The van der Waals surface area contributed by atoms with Crippen molar-refractivity contribution in [1.82, 2.24) is 4.90 Å². The molecule has 1 amide bonds. The number of nitrogens with two attached hydrogens (primary N) is 1. The molecule has 0 radical (unpaired) electrons. The van der Waals surface area contributed by atoms with Crippen molar-refractivity contribution < 1.29 is 9.53 Å². The molecule has 4 atom stereocenters. The molecule has 4 nitrogen and oxygen atoms in total. The smallest absolute Gasteiger partial charge is 0.222 e. The number of likely N-dealkylation sites (tertiary alicyclic amines) is 1. The second-order valence-corrected chi connectivity index (χ2v) is 6.14. The molecule has 5 heteroatoms. The zero-order valence-corrected chi connectivity index (χ0v) is 12.2. The highest BCUT2D eigenvalue weighted by atomic mass is 35.5. The monoisotopic (exact) mass is 288 g/mol. The number of fused-ring (bicyclic) bond motifs is 1. The van der Waals surface area contributed by atoms with Crippen LogP contribution in [-0.4, -0.2) is 42.6 Å². The molecule has 19 heavy (non-hydrogen) atoms. The van der Waals surface area contributed by atoms with Crippen LogP contribution in [0.15, 0.2) is 0 Å². The molecule has 0 aromatic rings. The van der Waals surface area contributed by atoms with Gasteiger partial charge >= 0.3 is 0 Å². The Balaban J connectivity index is 0.00000133. The molecule has 2 aliphatic heterocycles. The van der Waals surface area contributed by atoms with Crippen molar-refractivity contribution >= 4 is 18.3 Å². The molecule has 110 valence electrons. The Morgan fingerprint density at radius 2 is 2.11 bits per heavy atom. The Kier molecular flexibility index (Phi) is 5.09. The summed E-state index contributed by atoms with van der Waals surface area (Å²) < 4.78 is 5.57. The van der Waals surface area contributed by atoms with Crippen LogP contribution in [0.1, 0.15) is 38.5 Å². The predicted molar refractivity (Wildman–Crippen MR) is 76.2 cm³/mol. The quantitative estimate of drug-likeness (QED) is 0.857. The fraction of sp³-hybridized carbons (Fsp3) is 0.929. The number of halogens is 1. The van der Waals surface area contributed by atoms with Crippen molar-refractivity contribution in [2.45, 2.75) is 50.7 Å². The number of nitrogens with zero attached hydrogens (tertiary/aromatic N) is 1. The van der Waals surface area contributed by atoms with Gasteiger partial charge in [0.1, 0.15) is 0 Å². The van der Waals surface area contributed by atoms with Gasteiger partial charge in [-0.25, -0.2) is 0 Å². The first-order valence-electron chi connectivity index (χ1n) is 7.39. The standard InChI is InChI=1S/C14H24N2O2.ClH/c15-13-5-3-10-8-16(9-12(10)13)14(17)6-4-11-2-1-7-18-11;/h10-13H,1-9,15H2;1H. The van der Waals surface area contributed by atoms with Gasteiger partial charge < -0.3 is 15.4 Å². The van der Waals surface area contributed by atoms with Gasteiger partial charge in [-0.15, -0.1) is 12.4 Å². The molecule has 0 bridgehead atoms. The summed E-state index contributed by atoms with van der Waals surface area (Å²) in [4.78, 5) is 14.2. The van der Waals surface area contributed by atoms with Crippen LogP contribution in [-0.2, 0) is 9.53 Å². The second-order valence-electron chi connectivity index (χ2n) is 6.14. The molecule has 2 saturated heterocycles. The molecule has 1 aliphatic carbocycles. The molecule has 2 heterocycles. The summed E-state index contributed by atoms with van der Waals surface area (Å²) in [6, 6.07) is 0.325. The minimum Gasteiger partial charge on any atom is -0.378 e. The van der Waals surface area contributed by atoms with Gasteiger partial charge in [0.25, 0.3) is 0 Å². The van der Waals surface area contributed by atoms with E-state index in [1.165, 1.54) is 6.42 Å². The molecule has 3 rings (SSSR count). The maximum atomic E-state index is 12.2. The molecular weight excluding hydrogens is 264 g/mol. The van der Waals surface area contributed by atoms with Crippen molar-refractivity contribution in [2.24, 2.45) is 17.6 Å². The number of carbonyl (C=O) groups is 1. The molecule has 4 unspecified atom stereocenters. The highest BCUT2D eigenvalue weighted by Crippen LogP contribution is 2.37. The van der Waals surface area contributed by atoms with E-state index in [0.717, 1.165) is 45.4 Å². The van der Waals surface area contributed by atoms with E-state index in [-0.39, 0.29) is 12.4 Å². The van der Waals surface area contributed by atoms with Crippen molar-refractivity contribution in [2.75, 3.05) is 19.7 Å². The van der Waals surface area contributed by atoms with Crippen LogP contribution in [0.4, 0.5) is 0 Å². The first-order chi connectivity index (χ1) is 8.74. The zero-order valence-electron chi connectivity index (χ0n) is 11.4. The maximum Gasteiger partial charge on any atom is 0.222 e. The summed E-state index contributed by atoms with van der Waals surface area (Å²) >= 11 is 0. The summed E-state index contributed by atoms with van der Waals surface area (Å²) in [5.74, 6) is 1.55. The fourth-order valence-corrected chi connectivity index (χ4v) is 3.83. The van der Waals surface area contributed by atoms with Gasteiger partial charge in [-0.2, -0.15) is 0 Å². The summed E-state index contributed by atoms with van der Waals surface area (Å²) in [6.45, 7) is 2.72. The minimum absolute atomic E-state index is 0. The molecule has 0 spiro atoms. The van der Waals surface area contributed by atoms with E-state index < -0.39 is 0 Å². The summed E-state index contributed by atoms with van der Waals surface area (Å²) in [6.07, 6.45) is 6.52. The first-order valence-corrected chi connectivity index (χ1v) is 7.39. The normalized spacial score (nSPS) is 37.2. The molecule has 0 aromatic heterocycles. The molecule has 2 N–H and O–H groups in total. The first kappa shape index (κ1) is 15.1. The molecule has 3 fully saturated rings. The second kappa shape index (κ2) is 6.42. The molecular formula is C14H25ClN2O2. The van der Waals surface area contributed by atoms with Gasteiger partial charge in [-0.05, 0) is 43.9 Å². The third-order valence-electron chi connectivity index (χ3n) is 4.97. The lowest BCUT2D eigenvalue weighted by Gasteiger charge is -2.19. The highest BCUT2D eigenvalue weighted by Gasteiger charge is 2.42. The van der Waals surface area contributed by atoms with Crippen LogP contribution in [0.5, 0.6) is 0 Å². The van der Waals surface area contributed by atoms with E-state index in [1.807, 2.05) is 4.90 Å². The fourth-order valence-electron chi connectivity index (χ4n) is 3.83. The lowest BCUT2D eigenvalue weighted by atomic mass is 9.98. The van der Waals surface area contributed by atoms with Gasteiger partial charge in [-0.3, -0.25) is 4.79 Å². The van der Waals surface area contributed by atoms with Gasteiger partial charge in [0.05, 0.1) is 6.10 Å². The average molecular weight is 289 g/mol. The van der Waals surface area contributed by atoms with E-state index in [1.54, 1.807) is 0 Å². The van der Waals surface area contributed by atoms with Crippen LogP contribution in [0.3, 0.4) is 0 Å². The number of carbonyl (C=O) groups excluding carboxylic acids is 1. The Labute approximate surface area is 121 Å². The van der Waals surface area contributed by atoms with Crippen LogP contribution in [0.25, 0.3) is 0 Å². The number of rotatable bonds is 3.